The van der Waals surface area contributed by atoms with Crippen LogP contribution in [0.5, 0.6) is 0 Å². The monoisotopic (exact) mass is 394 g/mol. The quantitative estimate of drug-likeness (QED) is 0.0921. The third-order valence-corrected chi connectivity index (χ3v) is 7.31. The molecule has 0 aliphatic carbocycles. The van der Waals surface area contributed by atoms with Gasteiger partial charge in [0.2, 0.25) is 0 Å². The molecular formula is C26H54Si. The Morgan fingerprint density at radius 3 is 1.26 bits per heavy atom. The maximum atomic E-state index is 3.80. The molecule has 0 spiro atoms. The first-order valence-electron chi connectivity index (χ1n) is 12.9. The second-order valence-corrected chi connectivity index (χ2v) is 10.8. The summed E-state index contributed by atoms with van der Waals surface area (Å²) in [6, 6.07) is 0. The summed E-state index contributed by atoms with van der Waals surface area (Å²) in [6.45, 7) is 6.11. The molecule has 0 aliphatic rings. The molecule has 0 heterocycles. The lowest BCUT2D eigenvalue weighted by Gasteiger charge is -2.11. The first-order chi connectivity index (χ1) is 13.3. The maximum Gasteiger partial charge on any atom is 0.00672 e. The van der Waals surface area contributed by atoms with E-state index in [1.54, 1.807) is 0 Å². The van der Waals surface area contributed by atoms with Crippen LogP contribution in [0.25, 0.3) is 0 Å². The number of rotatable bonds is 23. The van der Waals surface area contributed by atoms with Crippen molar-refractivity contribution in [2.75, 3.05) is 0 Å². The van der Waals surface area contributed by atoms with Crippen LogP contribution < -0.4 is 0 Å². The van der Waals surface area contributed by atoms with Crippen molar-refractivity contribution in [3.8, 4) is 0 Å². The highest BCUT2D eigenvalue weighted by Crippen LogP contribution is 2.21. The molecule has 0 aliphatic heterocycles. The van der Waals surface area contributed by atoms with Crippen molar-refractivity contribution in [3.63, 3.8) is 0 Å². The number of allylic oxidation sites excluding steroid dienone is 1. The van der Waals surface area contributed by atoms with Crippen molar-refractivity contribution < 1.29 is 0 Å². The average molecular weight is 395 g/mol. The van der Waals surface area contributed by atoms with Crippen LogP contribution in [0.3, 0.4) is 0 Å². The Labute approximate surface area is 176 Å². The van der Waals surface area contributed by atoms with E-state index >= 15 is 0 Å². The maximum absolute atomic E-state index is 3.80. The molecule has 0 rings (SSSR count). The van der Waals surface area contributed by atoms with Gasteiger partial charge in [0.25, 0.3) is 0 Å². The van der Waals surface area contributed by atoms with Gasteiger partial charge in [-0.2, -0.15) is 0 Å². The smallest absolute Gasteiger partial charge is 0.00672 e. The van der Waals surface area contributed by atoms with Crippen molar-refractivity contribution in [2.24, 2.45) is 0 Å². The summed E-state index contributed by atoms with van der Waals surface area (Å²) in [7, 11) is 1.41. The van der Waals surface area contributed by atoms with Crippen molar-refractivity contribution in [3.05, 3.63) is 12.7 Å². The average Bonchev–Trinajstić information content (AvgIpc) is 2.67. The molecule has 0 bridgehead atoms. The SMILES string of the molecule is C=CCCCCCCC([SiH3])CCCCCCCCCCCCCCCCC. The minimum absolute atomic E-state index is 1.09. The first kappa shape index (κ1) is 27.0. The Balaban J connectivity index is 3.10. The van der Waals surface area contributed by atoms with E-state index in [9.17, 15) is 0 Å². The summed E-state index contributed by atoms with van der Waals surface area (Å²) in [4.78, 5) is 0. The molecule has 0 saturated carbocycles. The summed E-state index contributed by atoms with van der Waals surface area (Å²) >= 11 is 0. The number of hydrogen-bond acceptors (Lipinski definition) is 0. The zero-order valence-electron chi connectivity index (χ0n) is 19.4. The molecule has 0 amide bonds. The molecule has 27 heavy (non-hydrogen) atoms. The zero-order chi connectivity index (χ0) is 19.8. The summed E-state index contributed by atoms with van der Waals surface area (Å²) < 4.78 is 0. The van der Waals surface area contributed by atoms with Crippen LogP contribution in [-0.4, -0.2) is 10.2 Å². The van der Waals surface area contributed by atoms with Crippen LogP contribution in [0.2, 0.25) is 5.54 Å². The third-order valence-electron chi connectivity index (χ3n) is 6.16. The lowest BCUT2D eigenvalue weighted by Crippen LogP contribution is -1.93. The van der Waals surface area contributed by atoms with Gasteiger partial charge in [0.1, 0.15) is 0 Å². The minimum atomic E-state index is 1.09. The molecule has 0 aromatic rings. The fraction of sp³-hybridized carbons (Fsp3) is 0.923. The van der Waals surface area contributed by atoms with E-state index in [0.29, 0.717) is 0 Å². The van der Waals surface area contributed by atoms with Gasteiger partial charge in [-0.15, -0.1) is 6.58 Å². The van der Waals surface area contributed by atoms with Crippen LogP contribution in [0, 0.1) is 0 Å². The van der Waals surface area contributed by atoms with Gasteiger partial charge in [-0.25, -0.2) is 0 Å². The Kier molecular flexibility index (Phi) is 24.0. The zero-order valence-corrected chi connectivity index (χ0v) is 21.4. The van der Waals surface area contributed by atoms with Gasteiger partial charge >= 0.3 is 0 Å². The van der Waals surface area contributed by atoms with Gasteiger partial charge in [0.05, 0.1) is 0 Å². The molecule has 0 fully saturated rings. The van der Waals surface area contributed by atoms with Gasteiger partial charge in [-0.1, -0.05) is 147 Å². The highest BCUT2D eigenvalue weighted by atomic mass is 28.1. The Hall–Kier alpha value is -0.0431. The van der Waals surface area contributed by atoms with E-state index in [1.165, 1.54) is 152 Å². The molecule has 162 valence electrons. The van der Waals surface area contributed by atoms with Gasteiger partial charge < -0.3 is 0 Å². The summed E-state index contributed by atoms with van der Waals surface area (Å²) in [5, 5.41) is 0. The highest BCUT2D eigenvalue weighted by Gasteiger charge is 2.02. The van der Waals surface area contributed by atoms with Gasteiger partial charge in [-0.05, 0) is 12.8 Å². The molecule has 1 atom stereocenters. The molecule has 0 radical (unpaired) electrons. The van der Waals surface area contributed by atoms with Gasteiger partial charge in [0, 0.05) is 10.2 Å². The summed E-state index contributed by atoms with van der Waals surface area (Å²) in [5.41, 5.74) is 1.09. The molecule has 1 heteroatoms. The van der Waals surface area contributed by atoms with Gasteiger partial charge in [-0.3, -0.25) is 0 Å². The molecule has 0 nitrogen and oxygen atoms in total. The standard InChI is InChI=1S/C26H54Si/c1-3-5-7-9-11-12-13-14-15-16-17-18-19-21-23-25-26(27)24-22-20-10-8-6-4-2/h4,26H,2-3,5-25H2,1,27H3. The highest BCUT2D eigenvalue weighted by molar-refractivity contribution is 6.11. The van der Waals surface area contributed by atoms with Crippen LogP contribution in [0.1, 0.15) is 148 Å². The van der Waals surface area contributed by atoms with Crippen molar-refractivity contribution in [1.82, 2.24) is 0 Å². The van der Waals surface area contributed by atoms with E-state index in [-0.39, 0.29) is 0 Å². The van der Waals surface area contributed by atoms with Crippen molar-refractivity contribution in [2.45, 2.75) is 154 Å². The second kappa shape index (κ2) is 24.0. The lowest BCUT2D eigenvalue weighted by molar-refractivity contribution is 0.519. The van der Waals surface area contributed by atoms with Crippen molar-refractivity contribution in [1.29, 1.82) is 0 Å². The topological polar surface area (TPSA) is 0 Å². The van der Waals surface area contributed by atoms with E-state index in [0.717, 1.165) is 5.54 Å². The Bertz CT molecular complexity index is 273. The van der Waals surface area contributed by atoms with E-state index in [1.807, 2.05) is 0 Å². The number of hydrogen-bond donors (Lipinski definition) is 0. The van der Waals surface area contributed by atoms with E-state index < -0.39 is 0 Å². The molecule has 0 aromatic heterocycles. The Morgan fingerprint density at radius 2 is 0.889 bits per heavy atom. The largest absolute Gasteiger partial charge is 0.103 e. The van der Waals surface area contributed by atoms with Gasteiger partial charge in [0.15, 0.2) is 0 Å². The second-order valence-electron chi connectivity index (χ2n) is 9.12. The summed E-state index contributed by atoms with van der Waals surface area (Å²) in [5.74, 6) is 0. The predicted molar refractivity (Wildman–Crippen MR) is 131 cm³/mol. The summed E-state index contributed by atoms with van der Waals surface area (Å²) in [6.07, 6.45) is 34.2. The van der Waals surface area contributed by atoms with Crippen LogP contribution in [0.4, 0.5) is 0 Å². The number of unbranched alkanes of at least 4 members (excludes halogenated alkanes) is 18. The third kappa shape index (κ3) is 23.9. The first-order valence-corrected chi connectivity index (χ1v) is 14.1. The fourth-order valence-corrected chi connectivity index (χ4v) is 4.96. The molecular weight excluding hydrogens is 340 g/mol. The minimum Gasteiger partial charge on any atom is -0.103 e. The molecule has 0 saturated heterocycles. The van der Waals surface area contributed by atoms with Crippen LogP contribution in [0.15, 0.2) is 12.7 Å². The van der Waals surface area contributed by atoms with E-state index in [4.69, 9.17) is 0 Å². The van der Waals surface area contributed by atoms with Crippen molar-refractivity contribution >= 4 is 10.2 Å². The molecule has 0 aromatic carbocycles. The van der Waals surface area contributed by atoms with E-state index in [2.05, 4.69) is 19.6 Å². The lowest BCUT2D eigenvalue weighted by atomic mass is 10.0. The molecule has 0 N–H and O–H groups in total. The normalized spacial score (nSPS) is 12.5. The fourth-order valence-electron chi connectivity index (χ4n) is 4.14. The van der Waals surface area contributed by atoms with Crippen LogP contribution in [-0.2, 0) is 0 Å². The predicted octanol–water partition coefficient (Wildman–Crippen LogP) is 8.93. The Morgan fingerprint density at radius 1 is 0.556 bits per heavy atom. The molecule has 1 unspecified atom stereocenters. The van der Waals surface area contributed by atoms with Crippen LogP contribution >= 0.6 is 0 Å².